The topological polar surface area (TPSA) is 49.4 Å². The Bertz CT molecular complexity index is 192. The van der Waals surface area contributed by atoms with Crippen LogP contribution in [0.2, 0.25) is 0 Å². The molecule has 78 valence electrons. The molecule has 0 aliphatic heterocycles. The summed E-state index contributed by atoms with van der Waals surface area (Å²) in [5.74, 6) is -8.77. The molecule has 0 N–H and O–H groups in total. The van der Waals surface area contributed by atoms with Crippen LogP contribution in [-0.2, 0) is 4.74 Å². The molecule has 0 atom stereocenters. The summed E-state index contributed by atoms with van der Waals surface area (Å²) in [6.45, 7) is -1.04. The zero-order chi connectivity index (χ0) is 10.7. The van der Waals surface area contributed by atoms with E-state index in [-0.39, 0.29) is 0 Å². The summed E-state index contributed by atoms with van der Waals surface area (Å²) < 4.78 is 52.7. The SMILES string of the molecule is CCC(F)(F)C(F)(F)COC(=O)[O-]. The number of ether oxygens (including phenoxy) is 1. The number of carbonyl (C=O) groups is 1. The van der Waals surface area contributed by atoms with Gasteiger partial charge in [0, 0.05) is 6.42 Å². The molecule has 3 nitrogen and oxygen atoms in total. The van der Waals surface area contributed by atoms with Crippen LogP contribution in [0.5, 0.6) is 0 Å². The van der Waals surface area contributed by atoms with Crippen molar-refractivity contribution in [3.63, 3.8) is 0 Å². The monoisotopic (exact) mass is 203 g/mol. The molecular weight excluding hydrogens is 196 g/mol. The van der Waals surface area contributed by atoms with Crippen molar-refractivity contribution in [2.75, 3.05) is 6.61 Å². The summed E-state index contributed by atoms with van der Waals surface area (Å²) in [6, 6.07) is 0. The zero-order valence-electron chi connectivity index (χ0n) is 6.65. The van der Waals surface area contributed by atoms with Crippen LogP contribution >= 0.6 is 0 Å². The van der Waals surface area contributed by atoms with E-state index in [0.717, 1.165) is 6.92 Å². The number of carboxylic acid groups (broad SMARTS) is 1. The van der Waals surface area contributed by atoms with E-state index in [4.69, 9.17) is 0 Å². The molecule has 0 rings (SSSR count). The van der Waals surface area contributed by atoms with Gasteiger partial charge in [0.1, 0.15) is 0 Å². The second-order valence-electron chi connectivity index (χ2n) is 2.30. The summed E-state index contributed by atoms with van der Waals surface area (Å²) in [7, 11) is 0. The van der Waals surface area contributed by atoms with Crippen LogP contribution in [0.3, 0.4) is 0 Å². The van der Waals surface area contributed by atoms with Crippen LogP contribution in [0, 0.1) is 0 Å². The van der Waals surface area contributed by atoms with Crippen LogP contribution in [-0.4, -0.2) is 24.6 Å². The maximum absolute atomic E-state index is 12.4. The second kappa shape index (κ2) is 3.80. The predicted molar refractivity (Wildman–Crippen MR) is 31.5 cm³/mol. The first kappa shape index (κ1) is 12.0. The fourth-order valence-corrected chi connectivity index (χ4v) is 0.514. The van der Waals surface area contributed by atoms with Crippen molar-refractivity contribution in [3.8, 4) is 0 Å². The summed E-state index contributed by atoms with van der Waals surface area (Å²) in [5.41, 5.74) is 0. The molecule has 0 radical (unpaired) electrons. The molecule has 0 aliphatic carbocycles. The van der Waals surface area contributed by atoms with Gasteiger partial charge in [-0.3, -0.25) is 0 Å². The lowest BCUT2D eigenvalue weighted by molar-refractivity contribution is -0.297. The van der Waals surface area contributed by atoms with Gasteiger partial charge in [0.15, 0.2) is 0 Å². The van der Waals surface area contributed by atoms with Crippen LogP contribution in [0.4, 0.5) is 22.4 Å². The van der Waals surface area contributed by atoms with Crippen molar-refractivity contribution in [2.45, 2.75) is 25.2 Å². The molecule has 0 saturated heterocycles. The average Bonchev–Trinajstić information content (AvgIpc) is 2.01. The van der Waals surface area contributed by atoms with Crippen molar-refractivity contribution < 1.29 is 32.2 Å². The quantitative estimate of drug-likeness (QED) is 0.506. The van der Waals surface area contributed by atoms with Gasteiger partial charge in [-0.1, -0.05) is 6.92 Å². The minimum absolute atomic E-state index is 0.854. The first-order chi connectivity index (χ1) is 5.73. The van der Waals surface area contributed by atoms with Crippen molar-refractivity contribution >= 4 is 6.16 Å². The van der Waals surface area contributed by atoms with E-state index in [2.05, 4.69) is 4.74 Å². The first-order valence-corrected chi connectivity index (χ1v) is 3.32. The van der Waals surface area contributed by atoms with E-state index in [0.29, 0.717) is 0 Å². The van der Waals surface area contributed by atoms with E-state index < -0.39 is 31.0 Å². The lowest BCUT2D eigenvalue weighted by Crippen LogP contribution is -2.45. The lowest BCUT2D eigenvalue weighted by atomic mass is 10.1. The Balaban J connectivity index is 4.30. The highest BCUT2D eigenvalue weighted by Gasteiger charge is 2.54. The molecule has 0 spiro atoms. The largest absolute Gasteiger partial charge is 0.543 e. The molecule has 0 aromatic heterocycles. The Hall–Kier alpha value is -1.01. The lowest BCUT2D eigenvalue weighted by Gasteiger charge is -2.26. The molecule has 13 heavy (non-hydrogen) atoms. The predicted octanol–water partition coefficient (Wildman–Crippen LogP) is 1.03. The van der Waals surface area contributed by atoms with Crippen LogP contribution < -0.4 is 5.11 Å². The number of alkyl halides is 4. The zero-order valence-corrected chi connectivity index (χ0v) is 6.65. The summed E-state index contributed by atoms with van der Waals surface area (Å²) >= 11 is 0. The van der Waals surface area contributed by atoms with Crippen molar-refractivity contribution in [2.24, 2.45) is 0 Å². The van der Waals surface area contributed by atoms with Crippen molar-refractivity contribution in [1.29, 1.82) is 0 Å². The van der Waals surface area contributed by atoms with Crippen LogP contribution in [0.15, 0.2) is 0 Å². The third kappa shape index (κ3) is 3.08. The maximum atomic E-state index is 12.4. The van der Waals surface area contributed by atoms with Gasteiger partial charge in [0.25, 0.3) is 6.16 Å². The minimum Gasteiger partial charge on any atom is -0.543 e. The summed E-state index contributed by atoms with van der Waals surface area (Å²) in [4.78, 5) is 9.55. The fraction of sp³-hybridized carbons (Fsp3) is 0.833. The molecule has 0 aromatic carbocycles. The number of rotatable bonds is 4. The van der Waals surface area contributed by atoms with Gasteiger partial charge < -0.3 is 14.6 Å². The standard InChI is InChI=1S/C6H8F4O3/c1-2-5(7,8)6(9,10)3-13-4(11)12/h2-3H2,1H3,(H,11,12)/p-1. The van der Waals surface area contributed by atoms with Gasteiger partial charge in [-0.25, -0.2) is 0 Å². The highest BCUT2D eigenvalue weighted by molar-refractivity contribution is 5.54. The Morgan fingerprint density at radius 3 is 2.08 bits per heavy atom. The third-order valence-electron chi connectivity index (χ3n) is 1.35. The molecular formula is C6H7F4O3-. The van der Waals surface area contributed by atoms with Gasteiger partial charge in [-0.2, -0.15) is 17.6 Å². The number of carbonyl (C=O) groups excluding carboxylic acids is 1. The molecule has 0 aromatic rings. The second-order valence-corrected chi connectivity index (χ2v) is 2.30. The third-order valence-corrected chi connectivity index (χ3v) is 1.35. The molecule has 0 saturated carbocycles. The Morgan fingerprint density at radius 1 is 1.31 bits per heavy atom. The Labute approximate surface area is 71.3 Å². The van der Waals surface area contributed by atoms with E-state index in [1.165, 1.54) is 0 Å². The van der Waals surface area contributed by atoms with E-state index in [9.17, 15) is 27.5 Å². The number of halogens is 4. The summed E-state index contributed by atoms with van der Waals surface area (Å²) in [5, 5.41) is 9.55. The number of hydrogen-bond acceptors (Lipinski definition) is 3. The van der Waals surface area contributed by atoms with Gasteiger partial charge in [0.05, 0.1) is 6.61 Å². The highest BCUT2D eigenvalue weighted by Crippen LogP contribution is 2.36. The summed E-state index contributed by atoms with van der Waals surface area (Å²) in [6.07, 6.45) is -3.36. The van der Waals surface area contributed by atoms with Gasteiger partial charge in [0.2, 0.25) is 0 Å². The molecule has 0 heterocycles. The van der Waals surface area contributed by atoms with Gasteiger partial charge in [-0.05, 0) is 0 Å². The first-order valence-electron chi connectivity index (χ1n) is 3.32. The Morgan fingerprint density at radius 2 is 1.77 bits per heavy atom. The van der Waals surface area contributed by atoms with Crippen LogP contribution in [0.1, 0.15) is 13.3 Å². The van der Waals surface area contributed by atoms with Gasteiger partial charge in [-0.15, -0.1) is 0 Å². The molecule has 0 amide bonds. The fourth-order valence-electron chi connectivity index (χ4n) is 0.514. The molecule has 0 bridgehead atoms. The number of hydrogen-bond donors (Lipinski definition) is 0. The Kier molecular flexibility index (Phi) is 3.50. The average molecular weight is 203 g/mol. The van der Waals surface area contributed by atoms with Crippen molar-refractivity contribution in [3.05, 3.63) is 0 Å². The maximum Gasteiger partial charge on any atom is 0.327 e. The van der Waals surface area contributed by atoms with E-state index >= 15 is 0 Å². The molecule has 7 heteroatoms. The van der Waals surface area contributed by atoms with E-state index in [1.54, 1.807) is 0 Å². The molecule has 0 aliphatic rings. The molecule has 0 unspecified atom stereocenters. The van der Waals surface area contributed by atoms with Crippen LogP contribution in [0.25, 0.3) is 0 Å². The molecule has 0 fully saturated rings. The van der Waals surface area contributed by atoms with Crippen molar-refractivity contribution in [1.82, 2.24) is 0 Å². The van der Waals surface area contributed by atoms with Gasteiger partial charge >= 0.3 is 11.8 Å². The smallest absolute Gasteiger partial charge is 0.327 e. The minimum atomic E-state index is -4.50. The normalized spacial score (nSPS) is 12.7. The highest BCUT2D eigenvalue weighted by atomic mass is 19.3. The van der Waals surface area contributed by atoms with E-state index in [1.807, 2.05) is 0 Å².